The summed E-state index contributed by atoms with van der Waals surface area (Å²) < 4.78 is 13.1. The van der Waals surface area contributed by atoms with Crippen LogP contribution in [0.2, 0.25) is 0 Å². The van der Waals surface area contributed by atoms with E-state index >= 15 is 0 Å². The Morgan fingerprint density at radius 1 is 1.37 bits per heavy atom. The lowest BCUT2D eigenvalue weighted by Crippen LogP contribution is -2.41. The van der Waals surface area contributed by atoms with Crippen molar-refractivity contribution in [3.63, 3.8) is 0 Å². The second-order valence-electron chi connectivity index (χ2n) is 5.34. The van der Waals surface area contributed by atoms with E-state index in [-0.39, 0.29) is 5.82 Å². The van der Waals surface area contributed by atoms with Gasteiger partial charge in [-0.25, -0.2) is 4.39 Å². The molecule has 3 nitrogen and oxygen atoms in total. The van der Waals surface area contributed by atoms with E-state index in [1.165, 1.54) is 31.4 Å². The molecule has 3 N–H and O–H groups in total. The maximum absolute atomic E-state index is 13.1. The Bertz CT molecular complexity index is 455. The van der Waals surface area contributed by atoms with Crippen LogP contribution in [0.1, 0.15) is 49.3 Å². The molecule has 1 fully saturated rings. The van der Waals surface area contributed by atoms with Crippen LogP contribution in [0.3, 0.4) is 0 Å². The van der Waals surface area contributed by atoms with E-state index in [0.29, 0.717) is 6.04 Å². The van der Waals surface area contributed by atoms with Crippen molar-refractivity contribution in [2.75, 3.05) is 0 Å². The molecule has 104 valence electrons. The van der Waals surface area contributed by atoms with Gasteiger partial charge >= 0.3 is 0 Å². The van der Waals surface area contributed by atoms with Crippen LogP contribution >= 0.6 is 0 Å². The van der Waals surface area contributed by atoms with Crippen LogP contribution in [0.4, 0.5) is 4.39 Å². The van der Waals surface area contributed by atoms with E-state index in [9.17, 15) is 9.18 Å². The highest BCUT2D eigenvalue weighted by Gasteiger charge is 2.24. The third-order valence-electron chi connectivity index (χ3n) is 3.83. The predicted molar refractivity (Wildman–Crippen MR) is 73.1 cm³/mol. The first-order valence-corrected chi connectivity index (χ1v) is 6.89. The van der Waals surface area contributed by atoms with E-state index in [2.05, 4.69) is 5.32 Å². The molecular weight excluding hydrogens is 243 g/mol. The van der Waals surface area contributed by atoms with Gasteiger partial charge in [0.2, 0.25) is 5.91 Å². The number of amides is 1. The van der Waals surface area contributed by atoms with Gasteiger partial charge in [-0.1, -0.05) is 25.3 Å². The summed E-state index contributed by atoms with van der Waals surface area (Å²) in [6, 6.07) is 4.27. The number of halogens is 1. The van der Waals surface area contributed by atoms with Gasteiger partial charge in [0, 0.05) is 6.04 Å². The zero-order chi connectivity index (χ0) is 13.8. The van der Waals surface area contributed by atoms with E-state index in [0.717, 1.165) is 24.0 Å². The summed E-state index contributed by atoms with van der Waals surface area (Å²) in [5.41, 5.74) is 7.03. The van der Waals surface area contributed by atoms with Gasteiger partial charge in [0.15, 0.2) is 0 Å². The summed E-state index contributed by atoms with van der Waals surface area (Å²) in [6.07, 6.45) is 5.78. The number of nitrogens with two attached hydrogens (primary N) is 1. The van der Waals surface area contributed by atoms with E-state index < -0.39 is 11.9 Å². The molecule has 1 aromatic rings. The maximum Gasteiger partial charge on any atom is 0.239 e. The quantitative estimate of drug-likeness (QED) is 0.878. The lowest BCUT2D eigenvalue weighted by atomic mass is 9.93. The SMILES string of the molecule is Cc1cc(F)ccc1C(NC1CCCCC1)C(N)=O. The summed E-state index contributed by atoms with van der Waals surface area (Å²) in [4.78, 5) is 11.7. The highest BCUT2D eigenvalue weighted by atomic mass is 19.1. The molecule has 0 radical (unpaired) electrons. The highest BCUT2D eigenvalue weighted by molar-refractivity contribution is 5.81. The minimum absolute atomic E-state index is 0.290. The average molecular weight is 264 g/mol. The molecule has 1 aliphatic rings. The molecule has 0 aromatic heterocycles. The number of rotatable bonds is 4. The molecule has 0 heterocycles. The van der Waals surface area contributed by atoms with E-state index in [4.69, 9.17) is 5.73 Å². The summed E-state index contributed by atoms with van der Waals surface area (Å²) >= 11 is 0. The summed E-state index contributed by atoms with van der Waals surface area (Å²) in [6.45, 7) is 1.80. The summed E-state index contributed by atoms with van der Waals surface area (Å²) in [5.74, 6) is -0.692. The van der Waals surface area contributed by atoms with Crippen molar-refractivity contribution in [1.29, 1.82) is 0 Å². The summed E-state index contributed by atoms with van der Waals surface area (Å²) in [7, 11) is 0. The molecule has 1 amide bonds. The van der Waals surface area contributed by atoms with Gasteiger partial charge in [-0.05, 0) is 43.0 Å². The Morgan fingerprint density at radius 2 is 2.05 bits per heavy atom. The predicted octanol–water partition coefficient (Wildman–Crippen LogP) is 2.58. The third-order valence-corrected chi connectivity index (χ3v) is 3.83. The fraction of sp³-hybridized carbons (Fsp3) is 0.533. The van der Waals surface area contributed by atoms with E-state index in [1.807, 2.05) is 0 Å². The van der Waals surface area contributed by atoms with Gasteiger partial charge in [0.05, 0.1) is 0 Å². The molecule has 1 atom stereocenters. The molecule has 0 aliphatic heterocycles. The van der Waals surface area contributed by atoms with Crippen LogP contribution in [-0.4, -0.2) is 11.9 Å². The van der Waals surface area contributed by atoms with Crippen LogP contribution in [-0.2, 0) is 4.79 Å². The van der Waals surface area contributed by atoms with Crippen molar-refractivity contribution in [3.05, 3.63) is 35.1 Å². The number of hydrogen-bond donors (Lipinski definition) is 2. The van der Waals surface area contributed by atoms with Crippen molar-refractivity contribution in [2.45, 2.75) is 51.1 Å². The van der Waals surface area contributed by atoms with Crippen molar-refractivity contribution in [2.24, 2.45) is 5.73 Å². The molecule has 2 rings (SSSR count). The number of hydrogen-bond acceptors (Lipinski definition) is 2. The normalized spacial score (nSPS) is 18.2. The Morgan fingerprint density at radius 3 is 2.63 bits per heavy atom. The molecule has 0 saturated heterocycles. The molecule has 19 heavy (non-hydrogen) atoms. The number of nitrogens with one attached hydrogen (secondary N) is 1. The smallest absolute Gasteiger partial charge is 0.239 e. The number of carbonyl (C=O) groups is 1. The molecule has 1 aromatic carbocycles. The van der Waals surface area contributed by atoms with Gasteiger partial charge in [0.1, 0.15) is 11.9 Å². The lowest BCUT2D eigenvalue weighted by molar-refractivity contribution is -0.120. The Kier molecular flexibility index (Phi) is 4.53. The number of benzene rings is 1. The topological polar surface area (TPSA) is 55.1 Å². The van der Waals surface area contributed by atoms with Crippen LogP contribution in [0.15, 0.2) is 18.2 Å². The minimum atomic E-state index is -0.524. The second kappa shape index (κ2) is 6.15. The first kappa shape index (κ1) is 14.0. The van der Waals surface area contributed by atoms with Gasteiger partial charge in [-0.15, -0.1) is 0 Å². The Hall–Kier alpha value is -1.42. The van der Waals surface area contributed by atoms with Crippen molar-refractivity contribution in [1.82, 2.24) is 5.32 Å². The lowest BCUT2D eigenvalue weighted by Gasteiger charge is -2.28. The van der Waals surface area contributed by atoms with Gasteiger partial charge in [0.25, 0.3) is 0 Å². The fourth-order valence-electron chi connectivity index (χ4n) is 2.79. The monoisotopic (exact) mass is 264 g/mol. The molecule has 1 saturated carbocycles. The fourth-order valence-corrected chi connectivity index (χ4v) is 2.79. The standard InChI is InChI=1S/C15H21FN2O/c1-10-9-11(16)7-8-13(10)14(15(17)19)18-12-5-3-2-4-6-12/h7-9,12,14,18H,2-6H2,1H3,(H2,17,19). The second-order valence-corrected chi connectivity index (χ2v) is 5.34. The van der Waals surface area contributed by atoms with Gasteiger partial charge < -0.3 is 5.73 Å². The zero-order valence-electron chi connectivity index (χ0n) is 11.3. The van der Waals surface area contributed by atoms with Crippen molar-refractivity contribution < 1.29 is 9.18 Å². The summed E-state index contributed by atoms with van der Waals surface area (Å²) in [5, 5.41) is 3.33. The zero-order valence-corrected chi connectivity index (χ0v) is 11.3. The molecule has 0 spiro atoms. The van der Waals surface area contributed by atoms with Crippen molar-refractivity contribution >= 4 is 5.91 Å². The van der Waals surface area contributed by atoms with Gasteiger partial charge in [-0.3, -0.25) is 10.1 Å². The molecule has 4 heteroatoms. The van der Waals surface area contributed by atoms with Crippen LogP contribution in [0.5, 0.6) is 0 Å². The van der Waals surface area contributed by atoms with Gasteiger partial charge in [-0.2, -0.15) is 0 Å². The number of carbonyl (C=O) groups excluding carboxylic acids is 1. The average Bonchev–Trinajstić information content (AvgIpc) is 2.38. The maximum atomic E-state index is 13.1. The Balaban J connectivity index is 2.17. The molecule has 1 aliphatic carbocycles. The first-order valence-electron chi connectivity index (χ1n) is 6.89. The Labute approximate surface area is 113 Å². The minimum Gasteiger partial charge on any atom is -0.368 e. The largest absolute Gasteiger partial charge is 0.368 e. The number of primary amides is 1. The van der Waals surface area contributed by atoms with E-state index in [1.54, 1.807) is 13.0 Å². The first-order chi connectivity index (χ1) is 9.08. The van der Waals surface area contributed by atoms with Crippen LogP contribution < -0.4 is 11.1 Å². The van der Waals surface area contributed by atoms with Crippen molar-refractivity contribution in [3.8, 4) is 0 Å². The molecule has 1 unspecified atom stereocenters. The number of aryl methyl sites for hydroxylation is 1. The van der Waals surface area contributed by atoms with Crippen LogP contribution in [0.25, 0.3) is 0 Å². The highest BCUT2D eigenvalue weighted by Crippen LogP contribution is 2.23. The molecular formula is C15H21FN2O. The third kappa shape index (κ3) is 3.53. The molecule has 0 bridgehead atoms. The van der Waals surface area contributed by atoms with Crippen LogP contribution in [0, 0.1) is 12.7 Å².